The van der Waals surface area contributed by atoms with Crippen LogP contribution < -0.4 is 52.2 Å². The van der Waals surface area contributed by atoms with Gasteiger partial charge in [0.25, 0.3) is 17.0 Å². The van der Waals surface area contributed by atoms with E-state index in [1.54, 1.807) is 32.0 Å². The predicted octanol–water partition coefficient (Wildman–Crippen LogP) is 2.44. The lowest BCUT2D eigenvalue weighted by Gasteiger charge is -2.44. The molecule has 6 aromatic rings. The van der Waals surface area contributed by atoms with Gasteiger partial charge in [-0.2, -0.15) is 0 Å². The Morgan fingerprint density at radius 1 is 0.632 bits per heavy atom. The number of methoxy groups -OCH3 is 4. The second kappa shape index (κ2) is 26.6. The number of para-hydroxylation sites is 3. The Morgan fingerprint density at radius 2 is 1.13 bits per heavy atom. The number of benzene rings is 4. The molecule has 2 saturated heterocycles. The van der Waals surface area contributed by atoms with Crippen LogP contribution in [0.1, 0.15) is 35.8 Å². The molecule has 2 aliphatic rings. The molecule has 8 rings (SSSR count). The van der Waals surface area contributed by atoms with Gasteiger partial charge in [-0.1, -0.05) is 48.5 Å². The highest BCUT2D eigenvalue weighted by atomic mass is 32.2. The van der Waals surface area contributed by atoms with Gasteiger partial charge in [-0.05, 0) is 55.8 Å². The van der Waals surface area contributed by atoms with Crippen LogP contribution in [0, 0.1) is 0 Å². The van der Waals surface area contributed by atoms with Crippen LogP contribution in [0.4, 0.5) is 19.2 Å². The van der Waals surface area contributed by atoms with E-state index in [0.717, 1.165) is 62.1 Å². The molecule has 1 unspecified atom stereocenters. The number of aliphatic carboxylic acids is 1. The fraction of sp³-hybridized carbons (Fsp3) is 0.327. The minimum Gasteiger partial charge on any atom is -0.480 e. The number of β-lactam (4-membered cyclic amide) rings is 1. The van der Waals surface area contributed by atoms with Gasteiger partial charge in [-0.15, -0.1) is 11.8 Å². The molecular formula is C55H53N7O24S. The third kappa shape index (κ3) is 13.5. The topological polar surface area (TPSA) is 386 Å². The van der Waals surface area contributed by atoms with E-state index >= 15 is 4.79 Å². The van der Waals surface area contributed by atoms with Gasteiger partial charge in [0, 0.05) is 44.0 Å². The number of aromatic nitrogens is 2. The van der Waals surface area contributed by atoms with E-state index in [1.807, 2.05) is 0 Å². The van der Waals surface area contributed by atoms with Crippen molar-refractivity contribution in [3.63, 3.8) is 0 Å². The van der Waals surface area contributed by atoms with Crippen molar-refractivity contribution in [3.05, 3.63) is 138 Å². The second-order valence-corrected chi connectivity index (χ2v) is 21.1. The lowest BCUT2D eigenvalue weighted by atomic mass is 9.95. The van der Waals surface area contributed by atoms with Gasteiger partial charge in [-0.25, -0.2) is 42.7 Å². The Balaban J connectivity index is 1.16. The highest BCUT2D eigenvalue weighted by molar-refractivity contribution is 8.01. The van der Waals surface area contributed by atoms with Crippen LogP contribution in [-0.4, -0.2) is 167 Å². The molecule has 4 aromatic carbocycles. The van der Waals surface area contributed by atoms with Crippen molar-refractivity contribution < 1.29 is 95.0 Å². The summed E-state index contributed by atoms with van der Waals surface area (Å²) in [5.41, 5.74) is -3.01. The first kappa shape index (κ1) is 62.5. The number of carboxylic acid groups (broad SMARTS) is 1. The van der Waals surface area contributed by atoms with Gasteiger partial charge in [0.15, 0.2) is 34.2 Å². The summed E-state index contributed by atoms with van der Waals surface area (Å²) in [5, 5.41) is 14.0. The number of nitrogens with one attached hydrogen (secondary N) is 2. The monoisotopic (exact) mass is 1230 g/mol. The molecule has 0 spiro atoms. The Bertz CT molecular complexity index is 3840. The standard InChI is InChI=1S/C55H53N7O24S/c1-55(2)41(48(69)70)62-46(68)37(47(62)87-55)57-42(64)36(28-13-8-7-9-14-28)56-35(63)27-59(43(65)29-15-10-20-34(83-53(75)79-5)40(29)86-54(76)80-6)24-21-58(22-25-60-44(66)30-16-11-18-32(81-51(73)77-3)38(30)84-49(60)71)23-26-61-45(67)31-17-12-19-33(82-52(74)78-4)39(31)85-50(61)72/h7-20,36-37,41,47H,21-27H2,1-6H3,(H,56,63)(H,57,64)(H,69,70)/t36?,37-,41+,47-/m1/s1. The Morgan fingerprint density at radius 3 is 1.64 bits per heavy atom. The van der Waals surface area contributed by atoms with Gasteiger partial charge in [-0.3, -0.25) is 33.7 Å². The summed E-state index contributed by atoms with van der Waals surface area (Å²) in [7, 11) is 3.96. The molecule has 0 saturated carbocycles. The van der Waals surface area contributed by atoms with Crippen LogP contribution in [0.5, 0.6) is 23.0 Å². The zero-order valence-electron chi connectivity index (χ0n) is 46.8. The molecular weight excluding hydrogens is 1170 g/mol. The molecule has 458 valence electrons. The van der Waals surface area contributed by atoms with Crippen molar-refractivity contribution in [1.29, 1.82) is 0 Å². The molecule has 0 bridgehead atoms. The molecule has 2 fully saturated rings. The van der Waals surface area contributed by atoms with E-state index in [2.05, 4.69) is 29.6 Å². The maximum Gasteiger partial charge on any atom is 0.513 e. The number of thioether (sulfide) groups is 1. The number of nitrogens with zero attached hydrogens (tertiary/aromatic N) is 5. The largest absolute Gasteiger partial charge is 0.513 e. The first-order valence-corrected chi connectivity index (χ1v) is 26.8. The van der Waals surface area contributed by atoms with Crippen molar-refractivity contribution in [3.8, 4) is 23.0 Å². The van der Waals surface area contributed by atoms with E-state index < -0.39 is 166 Å². The quantitative estimate of drug-likeness (QED) is 0.0403. The zero-order valence-corrected chi connectivity index (χ0v) is 47.6. The van der Waals surface area contributed by atoms with Crippen LogP contribution >= 0.6 is 11.8 Å². The van der Waals surface area contributed by atoms with Crippen LogP contribution in [0.2, 0.25) is 0 Å². The second-order valence-electron chi connectivity index (χ2n) is 19.3. The number of amides is 4. The molecule has 2 aliphatic heterocycles. The number of carbonyl (C=O) groups is 9. The maximum absolute atomic E-state index is 15.1. The van der Waals surface area contributed by atoms with Crippen molar-refractivity contribution >= 4 is 87.9 Å². The minimum atomic E-state index is -1.58. The third-order valence-electron chi connectivity index (χ3n) is 13.6. The number of hydrogen-bond acceptors (Lipinski definition) is 25. The SMILES string of the molecule is COC(=O)Oc1cccc(C(=O)N(CCN(CCn2c(=O)oc3c(OC(=O)OC)cccc3c2=O)CCn2c(=O)oc3c(OC(=O)OC)cccc3c2=O)CC(=O)NC(C(=O)N[C@@H]2C(=O)N3[C@@H]2SC(C)(C)[C@@H]3C(=O)O)c2ccccc2)c1OC(=O)OC. The van der Waals surface area contributed by atoms with E-state index in [-0.39, 0.29) is 40.9 Å². The van der Waals surface area contributed by atoms with Gasteiger partial charge in [0.05, 0.1) is 51.3 Å². The summed E-state index contributed by atoms with van der Waals surface area (Å²) in [6.07, 6.45) is -5.09. The molecule has 32 heteroatoms. The van der Waals surface area contributed by atoms with Crippen molar-refractivity contribution in [2.75, 3.05) is 61.2 Å². The smallest absolute Gasteiger partial charge is 0.480 e. The molecule has 3 N–H and O–H groups in total. The van der Waals surface area contributed by atoms with Gasteiger partial charge in [0.1, 0.15) is 23.5 Å². The number of hydrogen-bond donors (Lipinski definition) is 3. The zero-order chi connectivity index (χ0) is 63.0. The molecule has 2 aromatic heterocycles. The molecule has 4 heterocycles. The van der Waals surface area contributed by atoms with Gasteiger partial charge in [0.2, 0.25) is 17.7 Å². The molecule has 4 atom stereocenters. The van der Waals surface area contributed by atoms with E-state index in [0.29, 0.717) is 9.13 Å². The normalized spacial score (nSPS) is 15.9. The van der Waals surface area contributed by atoms with Gasteiger partial charge < -0.3 is 72.3 Å². The van der Waals surface area contributed by atoms with Crippen molar-refractivity contribution in [2.24, 2.45) is 0 Å². The summed E-state index contributed by atoms with van der Waals surface area (Å²) in [6.45, 7) is -0.376. The summed E-state index contributed by atoms with van der Waals surface area (Å²) < 4.78 is 50.3. The predicted molar refractivity (Wildman–Crippen MR) is 297 cm³/mol. The first-order valence-electron chi connectivity index (χ1n) is 25.9. The molecule has 0 aliphatic carbocycles. The summed E-state index contributed by atoms with van der Waals surface area (Å²) in [4.78, 5) is 178. The van der Waals surface area contributed by atoms with Crippen LogP contribution in [0.25, 0.3) is 21.9 Å². The molecule has 31 nitrogen and oxygen atoms in total. The highest BCUT2D eigenvalue weighted by Gasteiger charge is 2.64. The van der Waals surface area contributed by atoms with Crippen LogP contribution in [-0.2, 0) is 51.2 Å². The van der Waals surface area contributed by atoms with E-state index in [1.165, 1.54) is 59.5 Å². The maximum atomic E-state index is 15.1. The summed E-state index contributed by atoms with van der Waals surface area (Å²) in [6, 6.07) is 14.9. The molecule has 87 heavy (non-hydrogen) atoms. The Kier molecular flexibility index (Phi) is 19.1. The fourth-order valence-electron chi connectivity index (χ4n) is 9.47. The number of rotatable bonds is 21. The Labute approximate surface area is 493 Å². The fourth-order valence-corrected chi connectivity index (χ4v) is 11.1. The number of carboxylic acids is 1. The van der Waals surface area contributed by atoms with Crippen molar-refractivity contribution in [1.82, 2.24) is 34.5 Å². The average molecular weight is 1230 g/mol. The third-order valence-corrected chi connectivity index (χ3v) is 15.2. The summed E-state index contributed by atoms with van der Waals surface area (Å²) >= 11 is 1.16. The summed E-state index contributed by atoms with van der Waals surface area (Å²) in [5.74, 6) is -9.37. The molecule has 0 radical (unpaired) electrons. The molecule has 4 amide bonds. The van der Waals surface area contributed by atoms with E-state index in [9.17, 15) is 62.6 Å². The average Bonchev–Trinajstić information content (AvgIpc) is 1.76. The van der Waals surface area contributed by atoms with Gasteiger partial charge >= 0.3 is 42.1 Å². The number of carbonyl (C=O) groups excluding carboxylic acids is 8. The van der Waals surface area contributed by atoms with Crippen LogP contribution in [0.15, 0.2) is 113 Å². The lowest BCUT2D eigenvalue weighted by Crippen LogP contribution is -2.71. The van der Waals surface area contributed by atoms with Crippen molar-refractivity contribution in [2.45, 2.75) is 55.2 Å². The van der Waals surface area contributed by atoms with E-state index in [4.69, 9.17) is 27.8 Å². The lowest BCUT2D eigenvalue weighted by molar-refractivity contribution is -0.161. The number of fused-ring (bicyclic) bond motifs is 3. The highest BCUT2D eigenvalue weighted by Crippen LogP contribution is 2.51. The number of ether oxygens (including phenoxy) is 8. The minimum absolute atomic E-state index is 0.196. The first-order chi connectivity index (χ1) is 41.5. The van der Waals surface area contributed by atoms with Crippen LogP contribution in [0.3, 0.4) is 0 Å². The Hall–Kier alpha value is -10.5.